The number of hydrogen-bond donors (Lipinski definition) is 1. The van der Waals surface area contributed by atoms with Gasteiger partial charge in [-0.15, -0.1) is 0 Å². The van der Waals surface area contributed by atoms with Gasteiger partial charge in [-0.2, -0.15) is 0 Å². The van der Waals surface area contributed by atoms with Crippen molar-refractivity contribution in [2.45, 2.75) is 59.0 Å². The molecule has 0 heterocycles. The number of ether oxygens (including phenoxy) is 1. The van der Waals surface area contributed by atoms with E-state index in [9.17, 15) is 4.79 Å². The maximum Gasteiger partial charge on any atom is 0.410 e. The molecule has 112 valence electrons. The third kappa shape index (κ3) is 5.81. The smallest absolute Gasteiger partial charge is 0.410 e. The van der Waals surface area contributed by atoms with E-state index >= 15 is 0 Å². The van der Waals surface area contributed by atoms with Gasteiger partial charge in [-0.1, -0.05) is 0 Å². The van der Waals surface area contributed by atoms with Gasteiger partial charge >= 0.3 is 6.09 Å². The zero-order valence-corrected chi connectivity index (χ0v) is 12.8. The molecule has 1 aliphatic rings. The highest BCUT2D eigenvalue weighted by Gasteiger charge is 2.26. The second-order valence-corrected chi connectivity index (χ2v) is 6.59. The SMILES string of the molecule is CCN(CC1CCC(CO)CC1)C(=O)OC(C)(C)C. The minimum Gasteiger partial charge on any atom is -0.444 e. The topological polar surface area (TPSA) is 49.8 Å². The molecule has 0 bridgehead atoms. The number of amides is 1. The van der Waals surface area contributed by atoms with Gasteiger partial charge in [0.25, 0.3) is 0 Å². The molecule has 4 nitrogen and oxygen atoms in total. The summed E-state index contributed by atoms with van der Waals surface area (Å²) in [6, 6.07) is 0. The predicted octanol–water partition coefficient (Wildman–Crippen LogP) is 3.04. The summed E-state index contributed by atoms with van der Waals surface area (Å²) >= 11 is 0. The summed E-state index contributed by atoms with van der Waals surface area (Å²) in [6.45, 7) is 9.44. The van der Waals surface area contributed by atoms with Crippen LogP contribution in [0.2, 0.25) is 0 Å². The molecule has 0 aromatic heterocycles. The highest BCUT2D eigenvalue weighted by atomic mass is 16.6. The Hall–Kier alpha value is -0.770. The van der Waals surface area contributed by atoms with E-state index in [4.69, 9.17) is 9.84 Å². The standard InChI is InChI=1S/C15H29NO3/c1-5-16(14(18)19-15(2,3)4)10-12-6-8-13(11-17)9-7-12/h12-13,17H,5-11H2,1-4H3. The molecule has 0 atom stereocenters. The summed E-state index contributed by atoms with van der Waals surface area (Å²) in [5.74, 6) is 1.02. The Labute approximate surface area is 117 Å². The lowest BCUT2D eigenvalue weighted by molar-refractivity contribution is 0.0208. The normalized spacial score (nSPS) is 24.1. The lowest BCUT2D eigenvalue weighted by Crippen LogP contribution is -2.40. The molecule has 1 amide bonds. The summed E-state index contributed by atoms with van der Waals surface area (Å²) in [7, 11) is 0. The van der Waals surface area contributed by atoms with Crippen LogP contribution >= 0.6 is 0 Å². The van der Waals surface area contributed by atoms with Crippen LogP contribution < -0.4 is 0 Å². The van der Waals surface area contributed by atoms with Crippen molar-refractivity contribution in [1.82, 2.24) is 4.90 Å². The van der Waals surface area contributed by atoms with Crippen molar-refractivity contribution in [2.24, 2.45) is 11.8 Å². The van der Waals surface area contributed by atoms with Crippen LogP contribution in [-0.2, 0) is 4.74 Å². The van der Waals surface area contributed by atoms with E-state index in [1.54, 1.807) is 4.90 Å². The molecule has 0 aliphatic heterocycles. The van der Waals surface area contributed by atoms with E-state index in [1.807, 2.05) is 27.7 Å². The van der Waals surface area contributed by atoms with Crippen LogP contribution in [0.1, 0.15) is 53.4 Å². The van der Waals surface area contributed by atoms with Gasteiger partial charge in [-0.25, -0.2) is 4.79 Å². The number of aliphatic hydroxyl groups is 1. The van der Waals surface area contributed by atoms with Gasteiger partial charge in [-0.3, -0.25) is 0 Å². The summed E-state index contributed by atoms with van der Waals surface area (Å²) in [5.41, 5.74) is -0.431. The fraction of sp³-hybridized carbons (Fsp3) is 0.933. The summed E-state index contributed by atoms with van der Waals surface area (Å²) in [6.07, 6.45) is 4.15. The number of hydrogen-bond acceptors (Lipinski definition) is 3. The van der Waals surface area contributed by atoms with Crippen molar-refractivity contribution < 1.29 is 14.6 Å². The number of rotatable bonds is 4. The van der Waals surface area contributed by atoms with Crippen LogP contribution in [0.15, 0.2) is 0 Å². The molecule has 1 N–H and O–H groups in total. The van der Waals surface area contributed by atoms with Crippen molar-refractivity contribution in [3.8, 4) is 0 Å². The predicted molar refractivity (Wildman–Crippen MR) is 76.0 cm³/mol. The fourth-order valence-electron chi connectivity index (χ4n) is 2.57. The first-order valence-corrected chi connectivity index (χ1v) is 7.44. The summed E-state index contributed by atoms with van der Waals surface area (Å²) in [4.78, 5) is 13.8. The van der Waals surface area contributed by atoms with Crippen molar-refractivity contribution in [3.63, 3.8) is 0 Å². The summed E-state index contributed by atoms with van der Waals surface area (Å²) < 4.78 is 5.42. The molecular formula is C15H29NO3. The van der Waals surface area contributed by atoms with Crippen LogP contribution in [0.25, 0.3) is 0 Å². The Morgan fingerprint density at radius 3 is 2.16 bits per heavy atom. The Balaban J connectivity index is 2.42. The van der Waals surface area contributed by atoms with Crippen LogP contribution in [-0.4, -0.2) is 41.4 Å². The van der Waals surface area contributed by atoms with Gasteiger partial charge in [0.2, 0.25) is 0 Å². The molecule has 0 aromatic carbocycles. The van der Waals surface area contributed by atoms with Crippen molar-refractivity contribution in [3.05, 3.63) is 0 Å². The van der Waals surface area contributed by atoms with Gasteiger partial charge < -0.3 is 14.7 Å². The zero-order valence-electron chi connectivity index (χ0n) is 12.8. The van der Waals surface area contributed by atoms with Crippen molar-refractivity contribution in [1.29, 1.82) is 0 Å². The Bertz CT molecular complexity index is 278. The molecule has 19 heavy (non-hydrogen) atoms. The van der Waals surface area contributed by atoms with Crippen LogP contribution in [0.4, 0.5) is 4.79 Å². The molecule has 1 saturated carbocycles. The molecule has 4 heteroatoms. The Morgan fingerprint density at radius 1 is 1.21 bits per heavy atom. The van der Waals surface area contributed by atoms with E-state index in [0.29, 0.717) is 25.0 Å². The minimum absolute atomic E-state index is 0.209. The first-order valence-electron chi connectivity index (χ1n) is 7.44. The summed E-state index contributed by atoms with van der Waals surface area (Å²) in [5, 5.41) is 9.14. The minimum atomic E-state index is -0.431. The molecule has 0 radical (unpaired) electrons. The third-order valence-corrected chi connectivity index (χ3v) is 3.74. The first-order chi connectivity index (χ1) is 8.85. The molecule has 1 fully saturated rings. The van der Waals surface area contributed by atoms with Gasteiger partial charge in [0, 0.05) is 19.7 Å². The third-order valence-electron chi connectivity index (χ3n) is 3.74. The quantitative estimate of drug-likeness (QED) is 0.855. The van der Waals surface area contributed by atoms with Gasteiger partial charge in [0.05, 0.1) is 0 Å². The molecule has 0 aromatic rings. The molecule has 0 spiro atoms. The zero-order chi connectivity index (χ0) is 14.5. The monoisotopic (exact) mass is 271 g/mol. The first kappa shape index (κ1) is 16.3. The van der Waals surface area contributed by atoms with E-state index in [0.717, 1.165) is 32.2 Å². The van der Waals surface area contributed by atoms with Crippen molar-refractivity contribution >= 4 is 6.09 Å². The largest absolute Gasteiger partial charge is 0.444 e. The number of nitrogens with zero attached hydrogens (tertiary/aromatic N) is 1. The number of aliphatic hydroxyl groups excluding tert-OH is 1. The second-order valence-electron chi connectivity index (χ2n) is 6.59. The van der Waals surface area contributed by atoms with Gasteiger partial charge in [-0.05, 0) is 65.2 Å². The number of carbonyl (C=O) groups is 1. The van der Waals surface area contributed by atoms with E-state index < -0.39 is 5.60 Å². The maximum absolute atomic E-state index is 12.0. The molecule has 0 unspecified atom stereocenters. The number of carbonyl (C=O) groups excluding carboxylic acids is 1. The molecule has 1 aliphatic carbocycles. The maximum atomic E-state index is 12.0. The van der Waals surface area contributed by atoms with Gasteiger partial charge in [0.1, 0.15) is 5.60 Å². The lowest BCUT2D eigenvalue weighted by Gasteiger charge is -2.32. The molecule has 0 saturated heterocycles. The highest BCUT2D eigenvalue weighted by Crippen LogP contribution is 2.29. The van der Waals surface area contributed by atoms with Crippen LogP contribution in [0, 0.1) is 11.8 Å². The van der Waals surface area contributed by atoms with Gasteiger partial charge in [0.15, 0.2) is 0 Å². The average molecular weight is 271 g/mol. The molecular weight excluding hydrogens is 242 g/mol. The Kier molecular flexibility index (Phi) is 6.11. The molecule has 1 rings (SSSR count). The Morgan fingerprint density at radius 2 is 1.74 bits per heavy atom. The van der Waals surface area contributed by atoms with E-state index in [-0.39, 0.29) is 6.09 Å². The van der Waals surface area contributed by atoms with Crippen molar-refractivity contribution in [2.75, 3.05) is 19.7 Å². The van der Waals surface area contributed by atoms with Crippen LogP contribution in [0.3, 0.4) is 0 Å². The van der Waals surface area contributed by atoms with Crippen LogP contribution in [0.5, 0.6) is 0 Å². The second kappa shape index (κ2) is 7.13. The fourth-order valence-corrected chi connectivity index (χ4v) is 2.57. The highest BCUT2D eigenvalue weighted by molar-refractivity contribution is 5.68. The lowest BCUT2D eigenvalue weighted by atomic mass is 9.82. The van der Waals surface area contributed by atoms with E-state index in [2.05, 4.69) is 0 Å². The average Bonchev–Trinajstić information content (AvgIpc) is 2.34. The van der Waals surface area contributed by atoms with E-state index in [1.165, 1.54) is 0 Å².